The highest BCUT2D eigenvalue weighted by molar-refractivity contribution is 8.01. The van der Waals surface area contributed by atoms with Crippen molar-refractivity contribution in [1.82, 2.24) is 10.2 Å². The van der Waals surface area contributed by atoms with Gasteiger partial charge in [-0.15, -0.1) is 10.2 Å². The Kier molecular flexibility index (Phi) is 6.73. The maximum absolute atomic E-state index is 13.7. The van der Waals surface area contributed by atoms with E-state index in [1.165, 1.54) is 7.11 Å². The van der Waals surface area contributed by atoms with Crippen LogP contribution in [0.1, 0.15) is 10.4 Å². The number of ether oxygens (including phenoxy) is 1. The number of hydrogen-bond donors (Lipinski definition) is 2. The summed E-state index contributed by atoms with van der Waals surface area (Å²) < 4.78 is 32.9. The van der Waals surface area contributed by atoms with Crippen LogP contribution in [0.4, 0.5) is 19.6 Å². The highest BCUT2D eigenvalue weighted by Crippen LogP contribution is 2.27. The smallest absolute Gasteiger partial charge is 0.263 e. The van der Waals surface area contributed by atoms with E-state index in [-0.39, 0.29) is 16.8 Å². The van der Waals surface area contributed by atoms with Crippen molar-refractivity contribution in [2.75, 3.05) is 23.5 Å². The van der Waals surface area contributed by atoms with E-state index in [0.717, 1.165) is 41.3 Å². The monoisotopic (exact) mass is 436 g/mol. The number of hydrogen-bond acceptors (Lipinski definition) is 7. The van der Waals surface area contributed by atoms with Crippen molar-refractivity contribution < 1.29 is 23.1 Å². The lowest BCUT2D eigenvalue weighted by molar-refractivity contribution is -0.113. The van der Waals surface area contributed by atoms with Crippen molar-refractivity contribution >= 4 is 45.7 Å². The molecule has 0 aliphatic carbocycles. The second-order valence-electron chi connectivity index (χ2n) is 5.46. The van der Waals surface area contributed by atoms with Gasteiger partial charge in [-0.3, -0.25) is 14.9 Å². The Bertz CT molecular complexity index is 1030. The molecule has 2 aromatic carbocycles. The number of rotatable bonds is 7. The minimum atomic E-state index is -0.977. The Hall–Kier alpha value is -3.05. The molecule has 1 heterocycles. The molecular formula is C18H14F2N4O3S2. The molecule has 1 aromatic heterocycles. The normalized spacial score (nSPS) is 10.4. The zero-order valence-electron chi connectivity index (χ0n) is 14.9. The van der Waals surface area contributed by atoms with E-state index < -0.39 is 23.1 Å². The maximum atomic E-state index is 13.7. The average molecular weight is 436 g/mol. The third kappa shape index (κ3) is 5.27. The summed E-state index contributed by atoms with van der Waals surface area (Å²) in [6.45, 7) is 0. The summed E-state index contributed by atoms with van der Waals surface area (Å²) >= 11 is 2.09. The van der Waals surface area contributed by atoms with Crippen LogP contribution in [0, 0.1) is 11.6 Å². The summed E-state index contributed by atoms with van der Waals surface area (Å²) in [6.07, 6.45) is 0. The molecule has 0 unspecified atom stereocenters. The Labute approximate surface area is 172 Å². The van der Waals surface area contributed by atoms with Gasteiger partial charge in [-0.05, 0) is 24.3 Å². The highest BCUT2D eigenvalue weighted by Gasteiger charge is 2.19. The predicted molar refractivity (Wildman–Crippen MR) is 107 cm³/mol. The van der Waals surface area contributed by atoms with Crippen LogP contribution in [0.5, 0.6) is 5.75 Å². The van der Waals surface area contributed by atoms with Crippen LogP contribution in [0.15, 0.2) is 46.8 Å². The molecule has 2 N–H and O–H groups in total. The van der Waals surface area contributed by atoms with Crippen molar-refractivity contribution in [1.29, 1.82) is 0 Å². The highest BCUT2D eigenvalue weighted by atomic mass is 32.2. The summed E-state index contributed by atoms with van der Waals surface area (Å²) in [7, 11) is 1.50. The van der Waals surface area contributed by atoms with E-state index in [1.54, 1.807) is 24.3 Å². The van der Waals surface area contributed by atoms with Crippen LogP contribution in [-0.2, 0) is 4.79 Å². The zero-order chi connectivity index (χ0) is 20.8. The number of nitrogens with one attached hydrogen (secondary N) is 2. The number of benzene rings is 2. The van der Waals surface area contributed by atoms with Crippen molar-refractivity contribution in [3.63, 3.8) is 0 Å². The fourth-order valence-electron chi connectivity index (χ4n) is 2.25. The average Bonchev–Trinajstić information content (AvgIpc) is 3.14. The number of carbonyl (C=O) groups is 2. The molecule has 0 fully saturated rings. The van der Waals surface area contributed by atoms with Gasteiger partial charge in [0.15, 0.2) is 4.34 Å². The Morgan fingerprint density at radius 2 is 1.79 bits per heavy atom. The Balaban J connectivity index is 1.56. The number of amides is 2. The molecule has 0 radical (unpaired) electrons. The lowest BCUT2D eigenvalue weighted by Gasteiger charge is -2.08. The van der Waals surface area contributed by atoms with Crippen LogP contribution in [0.3, 0.4) is 0 Å². The summed E-state index contributed by atoms with van der Waals surface area (Å²) in [5.41, 5.74) is -0.161. The van der Waals surface area contributed by atoms with Gasteiger partial charge in [-0.1, -0.05) is 41.3 Å². The predicted octanol–water partition coefficient (Wildman–Crippen LogP) is 3.81. The van der Waals surface area contributed by atoms with Gasteiger partial charge in [-0.2, -0.15) is 0 Å². The van der Waals surface area contributed by atoms with Gasteiger partial charge in [0.2, 0.25) is 11.0 Å². The number of methoxy groups -OCH3 is 1. The van der Waals surface area contributed by atoms with Gasteiger partial charge in [-0.25, -0.2) is 8.78 Å². The molecule has 0 spiro atoms. The topological polar surface area (TPSA) is 93.2 Å². The number of aromatic nitrogens is 2. The SMILES string of the molecule is COc1ccccc1NC(=O)CSc1nnc(NC(=O)c2c(F)cccc2F)s1. The lowest BCUT2D eigenvalue weighted by Crippen LogP contribution is -2.15. The Morgan fingerprint density at radius 1 is 1.07 bits per heavy atom. The van der Waals surface area contributed by atoms with Crippen LogP contribution >= 0.6 is 23.1 Å². The summed E-state index contributed by atoms with van der Waals surface area (Å²) in [6, 6.07) is 10.1. The molecule has 0 atom stereocenters. The van der Waals surface area contributed by atoms with Crippen molar-refractivity contribution in [3.8, 4) is 5.75 Å². The zero-order valence-corrected chi connectivity index (χ0v) is 16.6. The van der Waals surface area contributed by atoms with E-state index in [9.17, 15) is 18.4 Å². The number of carbonyl (C=O) groups excluding carboxylic acids is 2. The minimum Gasteiger partial charge on any atom is -0.495 e. The molecular weight excluding hydrogens is 422 g/mol. The third-order valence-electron chi connectivity index (χ3n) is 3.52. The first-order chi connectivity index (χ1) is 14.0. The molecule has 2 amide bonds. The van der Waals surface area contributed by atoms with E-state index >= 15 is 0 Å². The summed E-state index contributed by atoms with van der Waals surface area (Å²) in [4.78, 5) is 24.2. The quantitative estimate of drug-likeness (QED) is 0.432. The van der Waals surface area contributed by atoms with E-state index in [1.807, 2.05) is 0 Å². The van der Waals surface area contributed by atoms with E-state index in [2.05, 4.69) is 20.8 Å². The number of nitrogens with zero attached hydrogens (tertiary/aromatic N) is 2. The standard InChI is InChI=1S/C18H14F2N4O3S2/c1-27-13-8-3-2-7-12(13)21-14(25)9-28-18-24-23-17(29-18)22-16(26)15-10(19)5-4-6-11(15)20/h2-8H,9H2,1H3,(H,21,25)(H,22,23,26). The van der Waals surface area contributed by atoms with Gasteiger partial charge in [0.25, 0.3) is 5.91 Å². The number of halogens is 2. The van der Waals surface area contributed by atoms with Gasteiger partial charge in [0.1, 0.15) is 22.9 Å². The van der Waals surface area contributed by atoms with Crippen molar-refractivity contribution in [3.05, 3.63) is 59.7 Å². The fourth-order valence-corrected chi connectivity index (χ4v) is 3.80. The molecule has 7 nitrogen and oxygen atoms in total. The van der Waals surface area contributed by atoms with E-state index in [4.69, 9.17) is 4.74 Å². The number of thioether (sulfide) groups is 1. The van der Waals surface area contributed by atoms with Crippen LogP contribution in [0.2, 0.25) is 0 Å². The van der Waals surface area contributed by atoms with Crippen LogP contribution in [-0.4, -0.2) is 34.9 Å². The first-order valence-corrected chi connectivity index (χ1v) is 9.92. The molecule has 0 aliphatic rings. The molecule has 0 saturated heterocycles. The molecule has 29 heavy (non-hydrogen) atoms. The molecule has 3 aromatic rings. The van der Waals surface area contributed by atoms with Gasteiger partial charge in [0, 0.05) is 0 Å². The van der Waals surface area contributed by atoms with Crippen LogP contribution in [0.25, 0.3) is 0 Å². The van der Waals surface area contributed by atoms with Gasteiger partial charge < -0.3 is 10.1 Å². The first kappa shape index (κ1) is 20.7. The number of para-hydroxylation sites is 2. The summed E-state index contributed by atoms with van der Waals surface area (Å²) in [5.74, 6) is -2.63. The molecule has 0 aliphatic heterocycles. The molecule has 3 rings (SSSR count). The third-order valence-corrected chi connectivity index (χ3v) is 5.50. The van der Waals surface area contributed by atoms with Crippen molar-refractivity contribution in [2.24, 2.45) is 0 Å². The van der Waals surface area contributed by atoms with Gasteiger partial charge in [0.05, 0.1) is 18.6 Å². The first-order valence-electron chi connectivity index (χ1n) is 8.12. The second kappa shape index (κ2) is 9.43. The lowest BCUT2D eigenvalue weighted by atomic mass is 10.2. The fraction of sp³-hybridized carbons (Fsp3) is 0.111. The molecule has 11 heteroatoms. The van der Waals surface area contributed by atoms with Crippen LogP contribution < -0.4 is 15.4 Å². The van der Waals surface area contributed by atoms with Gasteiger partial charge >= 0.3 is 0 Å². The molecule has 0 saturated carbocycles. The van der Waals surface area contributed by atoms with E-state index in [0.29, 0.717) is 15.8 Å². The number of anilines is 2. The Morgan fingerprint density at radius 3 is 2.52 bits per heavy atom. The largest absolute Gasteiger partial charge is 0.495 e. The second-order valence-corrected chi connectivity index (χ2v) is 7.66. The maximum Gasteiger partial charge on any atom is 0.263 e. The molecule has 150 valence electrons. The molecule has 0 bridgehead atoms. The summed E-state index contributed by atoms with van der Waals surface area (Å²) in [5, 5.41) is 12.7. The van der Waals surface area contributed by atoms with Crippen molar-refractivity contribution in [2.45, 2.75) is 4.34 Å². The minimum absolute atomic E-state index is 0.0442.